The predicted molar refractivity (Wildman–Crippen MR) is 99.8 cm³/mol. The van der Waals surface area contributed by atoms with Gasteiger partial charge in [-0.2, -0.15) is 0 Å². The highest BCUT2D eigenvalue weighted by atomic mass is 16.5. The third-order valence-electron chi connectivity index (χ3n) is 4.49. The summed E-state index contributed by atoms with van der Waals surface area (Å²) in [5, 5.41) is 5.77. The number of H-pyrrole nitrogens is 1. The largest absolute Gasteiger partial charge is 0.493 e. The summed E-state index contributed by atoms with van der Waals surface area (Å²) < 4.78 is 12.4. The normalized spacial score (nSPS) is 15.5. The maximum atomic E-state index is 12.6. The van der Waals surface area contributed by atoms with Gasteiger partial charge in [-0.15, -0.1) is 0 Å². The van der Waals surface area contributed by atoms with E-state index in [1.54, 1.807) is 19.2 Å². The van der Waals surface area contributed by atoms with E-state index in [0.717, 1.165) is 5.56 Å². The van der Waals surface area contributed by atoms with Gasteiger partial charge in [0.15, 0.2) is 11.5 Å². The Morgan fingerprint density at radius 1 is 1.22 bits per heavy atom. The molecule has 1 atom stereocenters. The van der Waals surface area contributed by atoms with Crippen molar-refractivity contribution in [3.63, 3.8) is 0 Å². The van der Waals surface area contributed by atoms with Gasteiger partial charge < -0.3 is 14.8 Å². The van der Waals surface area contributed by atoms with E-state index in [1.165, 1.54) is 10.7 Å². The number of methoxy groups -OCH3 is 1. The highest BCUT2D eigenvalue weighted by Crippen LogP contribution is 2.34. The minimum absolute atomic E-state index is 0.194. The molecule has 2 heterocycles. The maximum Gasteiger partial charge on any atom is 0.271 e. The van der Waals surface area contributed by atoms with Crippen LogP contribution in [0, 0.1) is 0 Å². The van der Waals surface area contributed by atoms with Crippen molar-refractivity contribution in [2.45, 2.75) is 12.5 Å². The quantitative estimate of drug-likeness (QED) is 0.740. The summed E-state index contributed by atoms with van der Waals surface area (Å²) >= 11 is 0. The molecular weight excluding hydrogens is 346 g/mol. The molecule has 4 rings (SSSR count). The number of rotatable bonds is 4. The molecule has 0 bridgehead atoms. The zero-order chi connectivity index (χ0) is 18.8. The Bertz CT molecular complexity index is 1020. The first-order chi connectivity index (χ1) is 13.2. The van der Waals surface area contributed by atoms with Gasteiger partial charge in [-0.25, -0.2) is 4.68 Å². The number of para-hydroxylation sites is 2. The van der Waals surface area contributed by atoms with Crippen LogP contribution < -0.4 is 20.3 Å². The second-order valence-electron chi connectivity index (χ2n) is 6.31. The molecule has 138 valence electrons. The van der Waals surface area contributed by atoms with Crippen LogP contribution in [0.25, 0.3) is 5.69 Å². The zero-order valence-corrected chi connectivity index (χ0v) is 14.8. The van der Waals surface area contributed by atoms with Crippen molar-refractivity contribution in [2.75, 3.05) is 13.7 Å². The van der Waals surface area contributed by atoms with E-state index in [0.29, 0.717) is 30.2 Å². The van der Waals surface area contributed by atoms with Crippen molar-refractivity contribution in [1.29, 1.82) is 0 Å². The number of fused-ring (bicyclic) bond motifs is 1. The summed E-state index contributed by atoms with van der Waals surface area (Å²) in [4.78, 5) is 24.8. The molecule has 0 fully saturated rings. The maximum absolute atomic E-state index is 12.6. The fourth-order valence-corrected chi connectivity index (χ4v) is 3.19. The second-order valence-corrected chi connectivity index (χ2v) is 6.31. The Morgan fingerprint density at radius 3 is 2.81 bits per heavy atom. The van der Waals surface area contributed by atoms with Crippen molar-refractivity contribution in [2.24, 2.45) is 0 Å². The Hall–Kier alpha value is -3.48. The van der Waals surface area contributed by atoms with E-state index >= 15 is 0 Å². The lowest BCUT2D eigenvalue weighted by molar-refractivity contribution is 0.0909. The zero-order valence-electron chi connectivity index (χ0n) is 14.8. The summed E-state index contributed by atoms with van der Waals surface area (Å²) in [6, 6.07) is 15.9. The fourth-order valence-electron chi connectivity index (χ4n) is 3.19. The lowest BCUT2D eigenvalue weighted by atomic mass is 10.0. The molecule has 7 heteroatoms. The van der Waals surface area contributed by atoms with E-state index in [4.69, 9.17) is 9.47 Å². The minimum atomic E-state index is -0.346. The van der Waals surface area contributed by atoms with Crippen LogP contribution in [0.15, 0.2) is 59.4 Å². The molecule has 3 aromatic rings. The topological polar surface area (TPSA) is 85.3 Å². The highest BCUT2D eigenvalue weighted by Gasteiger charge is 2.25. The van der Waals surface area contributed by atoms with Crippen LogP contribution in [-0.2, 0) is 6.42 Å². The number of aromatic amines is 1. The average molecular weight is 365 g/mol. The Kier molecular flexibility index (Phi) is 4.42. The summed E-state index contributed by atoms with van der Waals surface area (Å²) in [7, 11) is 1.60. The fraction of sp³-hybridized carbons (Fsp3) is 0.200. The third kappa shape index (κ3) is 3.31. The van der Waals surface area contributed by atoms with E-state index in [-0.39, 0.29) is 23.2 Å². The number of nitrogens with one attached hydrogen (secondary N) is 2. The number of benzene rings is 2. The summed E-state index contributed by atoms with van der Waals surface area (Å²) in [5.74, 6) is 1.05. The number of hydrogen-bond acceptors (Lipinski definition) is 4. The van der Waals surface area contributed by atoms with Crippen molar-refractivity contribution in [1.82, 2.24) is 15.1 Å². The number of hydrogen-bond donors (Lipinski definition) is 2. The van der Waals surface area contributed by atoms with Crippen LogP contribution >= 0.6 is 0 Å². The second kappa shape index (κ2) is 7.03. The van der Waals surface area contributed by atoms with E-state index < -0.39 is 0 Å². The molecule has 1 aliphatic heterocycles. The lowest BCUT2D eigenvalue weighted by Crippen LogP contribution is -2.43. The Labute approximate surface area is 155 Å². The number of ether oxygens (including phenoxy) is 2. The third-order valence-corrected chi connectivity index (χ3v) is 4.49. The SMILES string of the molecule is COc1cccc2c1OC[C@@H](NC(=O)c1cc(=O)n(-c3ccccc3)[nH]1)C2. The van der Waals surface area contributed by atoms with Gasteiger partial charge in [0.2, 0.25) is 0 Å². The van der Waals surface area contributed by atoms with Gasteiger partial charge in [0, 0.05) is 11.6 Å². The first kappa shape index (κ1) is 17.0. The van der Waals surface area contributed by atoms with Crippen molar-refractivity contribution in [3.8, 4) is 17.2 Å². The van der Waals surface area contributed by atoms with Gasteiger partial charge >= 0.3 is 0 Å². The van der Waals surface area contributed by atoms with Crippen LogP contribution in [0.3, 0.4) is 0 Å². The molecule has 0 radical (unpaired) electrons. The lowest BCUT2D eigenvalue weighted by Gasteiger charge is -2.27. The first-order valence-corrected chi connectivity index (χ1v) is 8.63. The van der Waals surface area contributed by atoms with E-state index in [2.05, 4.69) is 10.4 Å². The van der Waals surface area contributed by atoms with Gasteiger partial charge in [0.25, 0.3) is 11.5 Å². The Balaban J connectivity index is 1.50. The van der Waals surface area contributed by atoms with Crippen LogP contribution in [0.4, 0.5) is 0 Å². The highest BCUT2D eigenvalue weighted by molar-refractivity contribution is 5.92. The molecular formula is C20H19N3O4. The number of carbonyl (C=O) groups is 1. The molecule has 0 spiro atoms. The van der Waals surface area contributed by atoms with E-state index in [1.807, 2.05) is 36.4 Å². The summed E-state index contributed by atoms with van der Waals surface area (Å²) in [6.45, 7) is 0.336. The molecule has 1 aromatic heterocycles. The number of nitrogens with zero attached hydrogens (tertiary/aromatic N) is 1. The molecule has 0 saturated carbocycles. The minimum Gasteiger partial charge on any atom is -0.493 e. The van der Waals surface area contributed by atoms with Gasteiger partial charge in [0.1, 0.15) is 12.3 Å². The van der Waals surface area contributed by atoms with Gasteiger partial charge in [-0.1, -0.05) is 30.3 Å². The number of aromatic nitrogens is 2. The monoisotopic (exact) mass is 365 g/mol. The number of amides is 1. The standard InChI is InChI=1S/C20H19N3O4/c1-26-17-9-5-6-13-10-14(12-27-19(13)17)21-20(25)16-11-18(24)23(22-16)15-7-3-2-4-8-15/h2-9,11,14,22H,10,12H2,1H3,(H,21,25)/t14-/m0/s1. The predicted octanol–water partition coefficient (Wildman–Crippen LogP) is 1.91. The smallest absolute Gasteiger partial charge is 0.271 e. The summed E-state index contributed by atoms with van der Waals surface area (Å²) in [6.07, 6.45) is 0.627. The number of carbonyl (C=O) groups excluding carboxylic acids is 1. The van der Waals surface area contributed by atoms with Gasteiger partial charge in [0.05, 0.1) is 18.8 Å². The molecule has 0 aliphatic carbocycles. The van der Waals surface area contributed by atoms with Crippen LogP contribution in [0.2, 0.25) is 0 Å². The molecule has 0 saturated heterocycles. The summed E-state index contributed by atoms with van der Waals surface area (Å²) in [5.41, 5.74) is 1.56. The van der Waals surface area contributed by atoms with Crippen molar-refractivity contribution in [3.05, 3.63) is 76.2 Å². The first-order valence-electron chi connectivity index (χ1n) is 8.63. The van der Waals surface area contributed by atoms with Crippen LogP contribution in [-0.4, -0.2) is 35.4 Å². The molecule has 1 aliphatic rings. The molecule has 2 N–H and O–H groups in total. The molecule has 2 aromatic carbocycles. The molecule has 7 nitrogen and oxygen atoms in total. The molecule has 1 amide bonds. The van der Waals surface area contributed by atoms with E-state index in [9.17, 15) is 9.59 Å². The van der Waals surface area contributed by atoms with Crippen molar-refractivity contribution < 1.29 is 14.3 Å². The van der Waals surface area contributed by atoms with Gasteiger partial charge in [-0.3, -0.25) is 14.7 Å². The van der Waals surface area contributed by atoms with Gasteiger partial charge in [-0.05, 0) is 24.6 Å². The van der Waals surface area contributed by atoms with Crippen LogP contribution in [0.1, 0.15) is 16.1 Å². The van der Waals surface area contributed by atoms with Crippen molar-refractivity contribution >= 4 is 5.91 Å². The average Bonchev–Trinajstić information content (AvgIpc) is 3.10. The molecule has 27 heavy (non-hydrogen) atoms. The Morgan fingerprint density at radius 2 is 2.04 bits per heavy atom. The van der Waals surface area contributed by atoms with Crippen LogP contribution in [0.5, 0.6) is 11.5 Å². The molecule has 0 unspecified atom stereocenters.